The quantitative estimate of drug-likeness (QED) is 0.898. The summed E-state index contributed by atoms with van der Waals surface area (Å²) in [6.45, 7) is 0.673. The minimum atomic E-state index is 0.624. The van der Waals surface area contributed by atoms with Crippen molar-refractivity contribution in [3.63, 3.8) is 0 Å². The van der Waals surface area contributed by atoms with Crippen molar-refractivity contribution >= 4 is 23.2 Å². The van der Waals surface area contributed by atoms with Gasteiger partial charge in [-0.3, -0.25) is 0 Å². The molecule has 0 saturated carbocycles. The average molecular weight is 256 g/mol. The summed E-state index contributed by atoms with van der Waals surface area (Å²) in [5, 5.41) is 4.30. The van der Waals surface area contributed by atoms with E-state index in [-0.39, 0.29) is 0 Å². The van der Waals surface area contributed by atoms with Gasteiger partial charge in [0.2, 0.25) is 0 Å². The third kappa shape index (κ3) is 2.40. The van der Waals surface area contributed by atoms with Crippen LogP contribution in [0.15, 0.2) is 34.9 Å². The molecule has 0 aliphatic carbocycles. The first kappa shape index (κ1) is 11.5. The van der Waals surface area contributed by atoms with Gasteiger partial charge >= 0.3 is 0 Å². The van der Waals surface area contributed by atoms with E-state index in [4.69, 9.17) is 27.6 Å². The molecular formula is C12H11Cl2NO. The fraction of sp³-hybridized carbons (Fsp3) is 0.167. The molecule has 0 unspecified atom stereocenters. The summed E-state index contributed by atoms with van der Waals surface area (Å²) in [5.74, 6) is 0.876. The van der Waals surface area contributed by atoms with Gasteiger partial charge in [0.15, 0.2) is 0 Å². The van der Waals surface area contributed by atoms with Crippen molar-refractivity contribution in [2.24, 2.45) is 0 Å². The van der Waals surface area contributed by atoms with Crippen molar-refractivity contribution in [3.05, 3.63) is 46.3 Å². The molecule has 0 fully saturated rings. The third-order valence-corrected chi connectivity index (χ3v) is 2.69. The molecule has 1 aromatic heterocycles. The second-order valence-electron chi connectivity index (χ2n) is 3.45. The summed E-state index contributed by atoms with van der Waals surface area (Å²) >= 11 is 11.9. The molecule has 2 rings (SSSR count). The molecule has 0 spiro atoms. The lowest BCUT2D eigenvalue weighted by Crippen LogP contribution is -2.04. The number of furan rings is 1. The van der Waals surface area contributed by atoms with Crippen LogP contribution in [0.5, 0.6) is 0 Å². The number of halogens is 2. The molecule has 1 aromatic carbocycles. The van der Waals surface area contributed by atoms with Crippen LogP contribution in [0.3, 0.4) is 0 Å². The highest BCUT2D eigenvalue weighted by molar-refractivity contribution is 6.35. The van der Waals surface area contributed by atoms with Crippen LogP contribution in [0.1, 0.15) is 5.76 Å². The molecule has 2 aromatic rings. The Morgan fingerprint density at radius 2 is 1.88 bits per heavy atom. The maximum Gasteiger partial charge on any atom is 0.125 e. The second kappa shape index (κ2) is 4.91. The zero-order valence-electron chi connectivity index (χ0n) is 8.76. The van der Waals surface area contributed by atoms with Gasteiger partial charge in [0, 0.05) is 15.6 Å². The van der Waals surface area contributed by atoms with Gasteiger partial charge in [0.1, 0.15) is 5.76 Å². The average Bonchev–Trinajstić information content (AvgIpc) is 2.65. The van der Waals surface area contributed by atoms with Gasteiger partial charge < -0.3 is 9.73 Å². The summed E-state index contributed by atoms with van der Waals surface area (Å²) in [6, 6.07) is 7.37. The Hall–Kier alpha value is -0.960. The van der Waals surface area contributed by atoms with Crippen molar-refractivity contribution in [1.82, 2.24) is 5.32 Å². The van der Waals surface area contributed by atoms with Crippen molar-refractivity contribution in [2.75, 3.05) is 7.05 Å². The zero-order chi connectivity index (χ0) is 11.5. The van der Waals surface area contributed by atoms with Crippen LogP contribution >= 0.6 is 23.2 Å². The fourth-order valence-electron chi connectivity index (χ4n) is 1.60. The molecule has 0 saturated heterocycles. The SMILES string of the molecule is CNCc1occc1-c1cc(Cl)cc(Cl)c1. The van der Waals surface area contributed by atoms with Crippen molar-refractivity contribution < 1.29 is 4.42 Å². The first-order valence-electron chi connectivity index (χ1n) is 4.88. The number of hydrogen-bond donors (Lipinski definition) is 1. The summed E-state index contributed by atoms with van der Waals surface area (Å²) in [5.41, 5.74) is 1.98. The van der Waals surface area contributed by atoms with Crippen LogP contribution < -0.4 is 5.32 Å². The maximum atomic E-state index is 5.97. The largest absolute Gasteiger partial charge is 0.467 e. The summed E-state index contributed by atoms with van der Waals surface area (Å²) in [4.78, 5) is 0. The van der Waals surface area contributed by atoms with E-state index in [2.05, 4.69) is 5.32 Å². The van der Waals surface area contributed by atoms with Crippen LogP contribution in [0, 0.1) is 0 Å². The molecule has 0 bridgehead atoms. The van der Waals surface area contributed by atoms with Gasteiger partial charge in [0.05, 0.1) is 12.8 Å². The first-order valence-corrected chi connectivity index (χ1v) is 5.63. The minimum absolute atomic E-state index is 0.624. The standard InChI is InChI=1S/C12H11Cl2NO/c1-15-7-12-11(2-3-16-12)8-4-9(13)6-10(14)5-8/h2-6,15H,7H2,1H3. The Bertz CT molecular complexity index is 473. The summed E-state index contributed by atoms with van der Waals surface area (Å²) < 4.78 is 5.39. The van der Waals surface area contributed by atoms with Gasteiger partial charge in [-0.1, -0.05) is 23.2 Å². The molecular weight excluding hydrogens is 245 g/mol. The fourth-order valence-corrected chi connectivity index (χ4v) is 2.13. The highest BCUT2D eigenvalue weighted by atomic mass is 35.5. The van der Waals surface area contributed by atoms with Gasteiger partial charge in [-0.15, -0.1) is 0 Å². The van der Waals surface area contributed by atoms with E-state index in [9.17, 15) is 0 Å². The first-order chi connectivity index (χ1) is 7.70. The lowest BCUT2D eigenvalue weighted by atomic mass is 10.1. The summed E-state index contributed by atoms with van der Waals surface area (Å²) in [7, 11) is 1.87. The molecule has 1 N–H and O–H groups in total. The van der Waals surface area contributed by atoms with Gasteiger partial charge in [0.25, 0.3) is 0 Å². The maximum absolute atomic E-state index is 5.97. The Morgan fingerprint density at radius 3 is 2.50 bits per heavy atom. The second-order valence-corrected chi connectivity index (χ2v) is 4.32. The van der Waals surface area contributed by atoms with Gasteiger partial charge in [-0.25, -0.2) is 0 Å². The van der Waals surface area contributed by atoms with Crippen LogP contribution in [0.25, 0.3) is 11.1 Å². The molecule has 84 valence electrons. The van der Waals surface area contributed by atoms with Gasteiger partial charge in [-0.2, -0.15) is 0 Å². The van der Waals surface area contributed by atoms with Crippen LogP contribution in [0.2, 0.25) is 10.0 Å². The molecule has 0 aliphatic rings. The Kier molecular flexibility index (Phi) is 3.54. The van der Waals surface area contributed by atoms with E-state index in [1.54, 1.807) is 12.3 Å². The third-order valence-electron chi connectivity index (χ3n) is 2.26. The molecule has 0 amide bonds. The molecule has 4 heteroatoms. The predicted octanol–water partition coefficient (Wildman–Crippen LogP) is 3.97. The number of nitrogens with one attached hydrogen (secondary N) is 1. The van der Waals surface area contributed by atoms with E-state index in [0.717, 1.165) is 16.9 Å². The van der Waals surface area contributed by atoms with Crippen LogP contribution in [0.4, 0.5) is 0 Å². The van der Waals surface area contributed by atoms with Crippen LogP contribution in [-0.4, -0.2) is 7.05 Å². The van der Waals surface area contributed by atoms with Crippen LogP contribution in [-0.2, 0) is 6.54 Å². The molecule has 2 nitrogen and oxygen atoms in total. The van der Waals surface area contributed by atoms with Crippen molar-refractivity contribution in [2.45, 2.75) is 6.54 Å². The highest BCUT2D eigenvalue weighted by Gasteiger charge is 2.09. The summed E-state index contributed by atoms with van der Waals surface area (Å²) in [6.07, 6.45) is 1.66. The molecule has 0 aliphatic heterocycles. The Labute approximate surface area is 104 Å². The van der Waals surface area contributed by atoms with Gasteiger partial charge in [-0.05, 0) is 36.9 Å². The molecule has 0 atom stereocenters. The minimum Gasteiger partial charge on any atom is -0.467 e. The Morgan fingerprint density at radius 1 is 1.19 bits per heavy atom. The lowest BCUT2D eigenvalue weighted by Gasteiger charge is -2.04. The highest BCUT2D eigenvalue weighted by Crippen LogP contribution is 2.30. The topological polar surface area (TPSA) is 25.2 Å². The van der Waals surface area contributed by atoms with Crippen molar-refractivity contribution in [3.8, 4) is 11.1 Å². The smallest absolute Gasteiger partial charge is 0.125 e. The van der Waals surface area contributed by atoms with Crippen molar-refractivity contribution in [1.29, 1.82) is 0 Å². The van der Waals surface area contributed by atoms with E-state index in [1.807, 2.05) is 25.2 Å². The van der Waals surface area contributed by atoms with E-state index in [0.29, 0.717) is 16.6 Å². The molecule has 1 heterocycles. The molecule has 0 radical (unpaired) electrons. The zero-order valence-corrected chi connectivity index (χ0v) is 10.3. The van der Waals surface area contributed by atoms with E-state index < -0.39 is 0 Å². The molecule has 16 heavy (non-hydrogen) atoms. The Balaban J connectivity index is 2.45. The number of hydrogen-bond acceptors (Lipinski definition) is 2. The lowest BCUT2D eigenvalue weighted by molar-refractivity contribution is 0.497. The monoisotopic (exact) mass is 255 g/mol. The van der Waals surface area contributed by atoms with E-state index >= 15 is 0 Å². The number of rotatable bonds is 3. The number of benzene rings is 1. The predicted molar refractivity (Wildman–Crippen MR) is 66.9 cm³/mol. The van der Waals surface area contributed by atoms with E-state index in [1.165, 1.54) is 0 Å². The normalized spacial score (nSPS) is 10.7.